The van der Waals surface area contributed by atoms with Crippen LogP contribution in [0.2, 0.25) is 0 Å². The normalized spacial score (nSPS) is 21.5. The topological polar surface area (TPSA) is 51.2 Å². The van der Waals surface area contributed by atoms with Crippen LogP contribution in [0.5, 0.6) is 11.5 Å². The monoisotopic (exact) mass is 580 g/mol. The molecule has 0 spiro atoms. The number of benzene rings is 1. The van der Waals surface area contributed by atoms with E-state index in [9.17, 15) is 4.79 Å². The first-order valence-corrected chi connectivity index (χ1v) is 17.2. The smallest absolute Gasteiger partial charge is 0.311 e. The molecule has 42 heavy (non-hydrogen) atoms. The number of carbonyl (C=O) groups is 1. The van der Waals surface area contributed by atoms with Gasteiger partial charge in [0.15, 0.2) is 0 Å². The third-order valence-electron chi connectivity index (χ3n) is 10.0. The molecule has 0 bridgehead atoms. The first-order valence-electron chi connectivity index (χ1n) is 17.2. The minimum absolute atomic E-state index is 0.123. The van der Waals surface area contributed by atoms with Crippen molar-refractivity contribution in [1.82, 2.24) is 9.80 Å². The lowest BCUT2D eigenvalue weighted by Crippen LogP contribution is -2.42. The number of hydrogen-bond acceptors (Lipinski definition) is 6. The Morgan fingerprint density at radius 3 is 2.57 bits per heavy atom. The van der Waals surface area contributed by atoms with Crippen LogP contribution < -0.4 is 9.47 Å². The molecule has 1 aromatic carbocycles. The number of morpholine rings is 1. The zero-order chi connectivity index (χ0) is 29.4. The van der Waals surface area contributed by atoms with E-state index in [0.29, 0.717) is 12.2 Å². The van der Waals surface area contributed by atoms with Gasteiger partial charge in [-0.05, 0) is 100 Å². The van der Waals surface area contributed by atoms with Gasteiger partial charge in [-0.2, -0.15) is 0 Å². The van der Waals surface area contributed by atoms with E-state index in [1.54, 1.807) is 0 Å². The summed E-state index contributed by atoms with van der Waals surface area (Å²) >= 11 is 0. The SMILES string of the molecule is CCCCCc1cc(OC(=O)CCCCN2CCOCC2)c2c(c1)OC(C)(C)C1=C2CN(CCC2CCCCC2)CC1. The molecule has 1 aliphatic carbocycles. The number of aryl methyl sites for hydroxylation is 1. The Balaban J connectivity index is 1.31. The number of ether oxygens (including phenoxy) is 3. The van der Waals surface area contributed by atoms with Crippen LogP contribution in [0.3, 0.4) is 0 Å². The molecule has 1 saturated heterocycles. The van der Waals surface area contributed by atoms with Gasteiger partial charge >= 0.3 is 5.97 Å². The molecule has 0 aromatic heterocycles. The third kappa shape index (κ3) is 8.39. The van der Waals surface area contributed by atoms with Gasteiger partial charge in [0.25, 0.3) is 0 Å². The molecule has 0 radical (unpaired) electrons. The summed E-state index contributed by atoms with van der Waals surface area (Å²) in [4.78, 5) is 18.3. The van der Waals surface area contributed by atoms with Gasteiger partial charge in [0.05, 0.1) is 18.8 Å². The molecule has 1 aromatic rings. The van der Waals surface area contributed by atoms with E-state index in [1.807, 2.05) is 0 Å². The summed E-state index contributed by atoms with van der Waals surface area (Å²) in [7, 11) is 0. The summed E-state index contributed by atoms with van der Waals surface area (Å²) in [6, 6.07) is 4.38. The molecule has 4 aliphatic rings. The van der Waals surface area contributed by atoms with Crippen LogP contribution in [0.15, 0.2) is 17.7 Å². The van der Waals surface area contributed by atoms with E-state index in [1.165, 1.54) is 68.1 Å². The Bertz CT molecular complexity index is 1070. The molecular formula is C36H56N2O4. The molecule has 6 nitrogen and oxygen atoms in total. The second-order valence-corrected chi connectivity index (χ2v) is 13.7. The molecular weight excluding hydrogens is 524 g/mol. The van der Waals surface area contributed by atoms with Crippen LogP contribution in [-0.4, -0.2) is 73.9 Å². The number of fused-ring (bicyclic) bond motifs is 2. The van der Waals surface area contributed by atoms with E-state index in [0.717, 1.165) is 102 Å². The average Bonchev–Trinajstić information content (AvgIpc) is 2.99. The maximum atomic E-state index is 13.2. The Labute approximate surface area is 255 Å². The summed E-state index contributed by atoms with van der Waals surface area (Å²) in [5.74, 6) is 2.38. The minimum Gasteiger partial charge on any atom is -0.483 e. The van der Waals surface area contributed by atoms with Gasteiger partial charge < -0.3 is 14.2 Å². The molecule has 3 heterocycles. The summed E-state index contributed by atoms with van der Waals surface area (Å²) in [6.45, 7) is 14.5. The summed E-state index contributed by atoms with van der Waals surface area (Å²) < 4.78 is 18.4. The molecule has 0 unspecified atom stereocenters. The van der Waals surface area contributed by atoms with Crippen molar-refractivity contribution in [2.24, 2.45) is 5.92 Å². The highest BCUT2D eigenvalue weighted by atomic mass is 16.5. The van der Waals surface area contributed by atoms with E-state index < -0.39 is 0 Å². The Morgan fingerprint density at radius 2 is 1.79 bits per heavy atom. The van der Waals surface area contributed by atoms with Crippen molar-refractivity contribution >= 4 is 11.5 Å². The Hall–Kier alpha value is -1.89. The first-order chi connectivity index (χ1) is 20.4. The number of carbonyl (C=O) groups excluding carboxylic acids is 1. The maximum absolute atomic E-state index is 13.2. The van der Waals surface area contributed by atoms with Crippen molar-refractivity contribution in [2.45, 2.75) is 116 Å². The predicted octanol–water partition coefficient (Wildman–Crippen LogP) is 7.43. The molecule has 5 rings (SSSR count). The zero-order valence-corrected chi connectivity index (χ0v) is 26.8. The molecule has 0 amide bonds. The lowest BCUT2D eigenvalue weighted by Gasteiger charge is -2.43. The highest BCUT2D eigenvalue weighted by Gasteiger charge is 2.39. The molecule has 0 N–H and O–H groups in total. The van der Waals surface area contributed by atoms with E-state index in [4.69, 9.17) is 14.2 Å². The fraction of sp³-hybridized carbons (Fsp3) is 0.750. The number of esters is 1. The number of nitrogens with zero attached hydrogens (tertiary/aromatic N) is 2. The quantitative estimate of drug-likeness (QED) is 0.137. The summed E-state index contributed by atoms with van der Waals surface area (Å²) in [5, 5.41) is 0. The third-order valence-corrected chi connectivity index (χ3v) is 10.0. The van der Waals surface area contributed by atoms with Crippen LogP contribution >= 0.6 is 0 Å². The standard InChI is InChI=1S/C36H56N2O4/c1-4-5-7-14-29-25-32(41-34(39)15-10-11-18-37-21-23-40-24-22-37)35-30-27-38(19-16-28-12-8-6-9-13-28)20-17-31(30)36(2,3)42-33(35)26-29/h25-26,28H,4-24,27H2,1-3H3. The number of rotatable bonds is 13. The highest BCUT2D eigenvalue weighted by Crippen LogP contribution is 2.49. The highest BCUT2D eigenvalue weighted by molar-refractivity contribution is 5.84. The van der Waals surface area contributed by atoms with Crippen molar-refractivity contribution in [3.8, 4) is 11.5 Å². The van der Waals surface area contributed by atoms with Crippen LogP contribution in [-0.2, 0) is 16.0 Å². The van der Waals surface area contributed by atoms with Gasteiger partial charge in [0.1, 0.15) is 17.1 Å². The summed E-state index contributed by atoms with van der Waals surface area (Å²) in [6.07, 6.45) is 16.2. The van der Waals surface area contributed by atoms with Gasteiger partial charge in [-0.15, -0.1) is 0 Å². The lowest BCUT2D eigenvalue weighted by molar-refractivity contribution is -0.134. The van der Waals surface area contributed by atoms with Gasteiger partial charge in [0, 0.05) is 32.6 Å². The molecule has 0 atom stereocenters. The van der Waals surface area contributed by atoms with Gasteiger partial charge in [0.2, 0.25) is 0 Å². The van der Waals surface area contributed by atoms with Gasteiger partial charge in [-0.3, -0.25) is 14.6 Å². The lowest BCUT2D eigenvalue weighted by atomic mass is 9.80. The van der Waals surface area contributed by atoms with Crippen molar-refractivity contribution in [2.75, 3.05) is 52.5 Å². The van der Waals surface area contributed by atoms with Gasteiger partial charge in [-0.1, -0.05) is 51.9 Å². The van der Waals surface area contributed by atoms with Crippen LogP contribution in [0, 0.1) is 5.92 Å². The number of hydrogen-bond donors (Lipinski definition) is 0. The first kappa shape index (κ1) is 31.5. The zero-order valence-electron chi connectivity index (χ0n) is 26.8. The minimum atomic E-state index is -0.347. The fourth-order valence-corrected chi connectivity index (χ4v) is 7.51. The van der Waals surface area contributed by atoms with Crippen molar-refractivity contribution in [3.05, 3.63) is 28.8 Å². The fourth-order valence-electron chi connectivity index (χ4n) is 7.51. The molecule has 1 saturated carbocycles. The van der Waals surface area contributed by atoms with Crippen LogP contribution in [0.25, 0.3) is 5.57 Å². The van der Waals surface area contributed by atoms with E-state index in [2.05, 4.69) is 42.7 Å². The van der Waals surface area contributed by atoms with E-state index in [-0.39, 0.29) is 11.6 Å². The van der Waals surface area contributed by atoms with Crippen molar-refractivity contribution in [3.63, 3.8) is 0 Å². The predicted molar refractivity (Wildman–Crippen MR) is 170 cm³/mol. The number of unbranched alkanes of at least 4 members (excludes halogenated alkanes) is 3. The van der Waals surface area contributed by atoms with Crippen molar-refractivity contribution < 1.29 is 19.0 Å². The average molecular weight is 581 g/mol. The molecule has 234 valence electrons. The Kier molecular flexibility index (Phi) is 11.4. The van der Waals surface area contributed by atoms with Crippen LogP contribution in [0.4, 0.5) is 0 Å². The largest absolute Gasteiger partial charge is 0.483 e. The maximum Gasteiger partial charge on any atom is 0.311 e. The second kappa shape index (κ2) is 15.2. The Morgan fingerprint density at radius 1 is 0.976 bits per heavy atom. The van der Waals surface area contributed by atoms with Gasteiger partial charge in [-0.25, -0.2) is 0 Å². The molecule has 2 fully saturated rings. The van der Waals surface area contributed by atoms with E-state index >= 15 is 0 Å². The molecule has 3 aliphatic heterocycles. The second-order valence-electron chi connectivity index (χ2n) is 13.7. The van der Waals surface area contributed by atoms with Crippen LogP contribution in [0.1, 0.15) is 115 Å². The summed E-state index contributed by atoms with van der Waals surface area (Å²) in [5.41, 5.74) is 4.62. The van der Waals surface area contributed by atoms with Crippen molar-refractivity contribution in [1.29, 1.82) is 0 Å². The molecule has 6 heteroatoms.